The number of hydrogen-bond acceptors (Lipinski definition) is 2. The van der Waals surface area contributed by atoms with Crippen molar-refractivity contribution < 1.29 is 4.74 Å². The van der Waals surface area contributed by atoms with E-state index in [2.05, 4.69) is 41.7 Å². The summed E-state index contributed by atoms with van der Waals surface area (Å²) in [7, 11) is 0. The number of rotatable bonds is 1. The third kappa shape index (κ3) is 2.60. The Morgan fingerprint density at radius 3 is 2.77 bits per heavy atom. The molecule has 3 atom stereocenters. The molecule has 26 heavy (non-hydrogen) atoms. The maximum absolute atomic E-state index is 6.55. The SMILES string of the molecule is Clc1ccc(C2Nc3ccc4ccccc4c3C3OCCCC23)c(Cl)c1. The van der Waals surface area contributed by atoms with Crippen LogP contribution in [0.5, 0.6) is 0 Å². The summed E-state index contributed by atoms with van der Waals surface area (Å²) < 4.78 is 6.32. The Labute approximate surface area is 163 Å². The summed E-state index contributed by atoms with van der Waals surface area (Å²) in [6, 6.07) is 18.8. The predicted octanol–water partition coefficient (Wildman–Crippen LogP) is 6.78. The maximum atomic E-state index is 6.55. The van der Waals surface area contributed by atoms with Crippen molar-refractivity contribution in [1.29, 1.82) is 0 Å². The van der Waals surface area contributed by atoms with Gasteiger partial charge in [-0.1, -0.05) is 59.6 Å². The molecule has 1 saturated heterocycles. The van der Waals surface area contributed by atoms with E-state index in [-0.39, 0.29) is 12.1 Å². The summed E-state index contributed by atoms with van der Waals surface area (Å²) in [5, 5.41) is 7.66. The van der Waals surface area contributed by atoms with Crippen molar-refractivity contribution in [2.24, 2.45) is 5.92 Å². The molecule has 5 rings (SSSR count). The van der Waals surface area contributed by atoms with E-state index in [1.165, 1.54) is 16.3 Å². The Balaban J connectivity index is 1.68. The largest absolute Gasteiger partial charge is 0.377 e. The van der Waals surface area contributed by atoms with Crippen LogP contribution >= 0.6 is 23.2 Å². The molecule has 3 aromatic rings. The molecule has 1 fully saturated rings. The van der Waals surface area contributed by atoms with Crippen molar-refractivity contribution in [2.75, 3.05) is 11.9 Å². The number of benzene rings is 3. The second-order valence-electron chi connectivity index (χ2n) is 7.13. The van der Waals surface area contributed by atoms with Crippen molar-refractivity contribution in [3.05, 3.63) is 75.8 Å². The van der Waals surface area contributed by atoms with Crippen molar-refractivity contribution >= 4 is 39.7 Å². The Hall–Kier alpha value is -1.74. The first-order valence-corrected chi connectivity index (χ1v) is 9.83. The van der Waals surface area contributed by atoms with Crippen LogP contribution in [0.15, 0.2) is 54.6 Å². The van der Waals surface area contributed by atoms with E-state index in [1.807, 2.05) is 18.2 Å². The average Bonchev–Trinajstić information content (AvgIpc) is 2.67. The van der Waals surface area contributed by atoms with E-state index in [1.54, 1.807) is 0 Å². The molecule has 2 aliphatic rings. The van der Waals surface area contributed by atoms with Crippen LogP contribution in [0.1, 0.15) is 36.1 Å². The number of ether oxygens (including phenoxy) is 1. The minimum atomic E-state index is 0.0860. The van der Waals surface area contributed by atoms with E-state index >= 15 is 0 Å². The van der Waals surface area contributed by atoms with Crippen LogP contribution in [0, 0.1) is 5.92 Å². The van der Waals surface area contributed by atoms with Crippen LogP contribution in [0.4, 0.5) is 5.69 Å². The number of fused-ring (bicyclic) bond motifs is 5. The van der Waals surface area contributed by atoms with Gasteiger partial charge in [0.15, 0.2) is 0 Å². The van der Waals surface area contributed by atoms with Gasteiger partial charge in [0.05, 0.1) is 12.1 Å². The lowest BCUT2D eigenvalue weighted by atomic mass is 9.76. The number of hydrogen-bond donors (Lipinski definition) is 1. The van der Waals surface area contributed by atoms with Crippen molar-refractivity contribution in [2.45, 2.75) is 25.0 Å². The highest BCUT2D eigenvalue weighted by Crippen LogP contribution is 2.52. The molecular formula is C22H19Cl2NO. The summed E-state index contributed by atoms with van der Waals surface area (Å²) in [5.41, 5.74) is 3.52. The highest BCUT2D eigenvalue weighted by atomic mass is 35.5. The Bertz CT molecular complexity index is 987. The highest BCUT2D eigenvalue weighted by Gasteiger charge is 2.41. The van der Waals surface area contributed by atoms with Gasteiger partial charge in [0.25, 0.3) is 0 Å². The third-order valence-electron chi connectivity index (χ3n) is 5.66. The fourth-order valence-corrected chi connectivity index (χ4v) is 5.03. The lowest BCUT2D eigenvalue weighted by Gasteiger charge is -2.44. The molecule has 0 spiro atoms. The molecule has 0 aromatic heterocycles. The van der Waals surface area contributed by atoms with Gasteiger partial charge in [0.2, 0.25) is 0 Å². The van der Waals surface area contributed by atoms with Crippen LogP contribution in [-0.2, 0) is 4.74 Å². The Morgan fingerprint density at radius 1 is 1.00 bits per heavy atom. The van der Waals surface area contributed by atoms with Gasteiger partial charge in [-0.05, 0) is 47.4 Å². The number of nitrogens with one attached hydrogen (secondary N) is 1. The van der Waals surface area contributed by atoms with Crippen molar-refractivity contribution in [3.63, 3.8) is 0 Å². The van der Waals surface area contributed by atoms with Gasteiger partial charge in [-0.2, -0.15) is 0 Å². The summed E-state index contributed by atoms with van der Waals surface area (Å²) in [4.78, 5) is 0. The van der Waals surface area contributed by atoms with E-state index in [0.29, 0.717) is 16.0 Å². The molecule has 0 aliphatic carbocycles. The van der Waals surface area contributed by atoms with E-state index in [4.69, 9.17) is 27.9 Å². The van der Waals surface area contributed by atoms with Crippen LogP contribution in [0.3, 0.4) is 0 Å². The molecule has 3 unspecified atom stereocenters. The van der Waals surface area contributed by atoms with Gasteiger partial charge in [0.1, 0.15) is 0 Å². The molecule has 0 amide bonds. The zero-order valence-corrected chi connectivity index (χ0v) is 15.7. The molecular weight excluding hydrogens is 365 g/mol. The summed E-state index contributed by atoms with van der Waals surface area (Å²) >= 11 is 12.7. The predicted molar refractivity (Wildman–Crippen MR) is 108 cm³/mol. The molecule has 2 nitrogen and oxygen atoms in total. The van der Waals surface area contributed by atoms with Gasteiger partial charge in [-0.15, -0.1) is 0 Å². The zero-order chi connectivity index (χ0) is 17.7. The van der Waals surface area contributed by atoms with Crippen molar-refractivity contribution in [3.8, 4) is 0 Å². The molecule has 4 heteroatoms. The molecule has 0 bridgehead atoms. The zero-order valence-electron chi connectivity index (χ0n) is 14.2. The fraction of sp³-hybridized carbons (Fsp3) is 0.273. The number of anilines is 1. The first kappa shape index (κ1) is 16.4. The lowest BCUT2D eigenvalue weighted by Crippen LogP contribution is -2.36. The van der Waals surface area contributed by atoms with Gasteiger partial charge in [-0.3, -0.25) is 0 Å². The lowest BCUT2D eigenvalue weighted by molar-refractivity contribution is -0.0372. The topological polar surface area (TPSA) is 21.3 Å². The fourth-order valence-electron chi connectivity index (χ4n) is 4.51. The van der Waals surface area contributed by atoms with Gasteiger partial charge in [-0.25, -0.2) is 0 Å². The average molecular weight is 384 g/mol. The molecule has 2 heterocycles. The van der Waals surface area contributed by atoms with E-state index < -0.39 is 0 Å². The monoisotopic (exact) mass is 383 g/mol. The minimum Gasteiger partial charge on any atom is -0.377 e. The van der Waals surface area contributed by atoms with Crippen LogP contribution < -0.4 is 5.32 Å². The smallest absolute Gasteiger partial charge is 0.0901 e. The molecule has 1 N–H and O–H groups in total. The molecule has 0 saturated carbocycles. The highest BCUT2D eigenvalue weighted by molar-refractivity contribution is 6.35. The Kier molecular flexibility index (Phi) is 4.08. The minimum absolute atomic E-state index is 0.0860. The first-order chi connectivity index (χ1) is 12.7. The standard InChI is InChI=1S/C22H19Cl2NO/c23-14-8-9-16(18(24)12-14)21-17-6-3-11-26-22(17)20-15-5-2-1-4-13(15)7-10-19(20)25-21/h1-2,4-5,7-10,12,17,21-22,25H,3,6,11H2. The summed E-state index contributed by atoms with van der Waals surface area (Å²) in [5.74, 6) is 0.348. The van der Waals surface area contributed by atoms with Gasteiger partial charge in [0, 0.05) is 33.8 Å². The first-order valence-electron chi connectivity index (χ1n) is 9.07. The normalized spacial score (nSPS) is 24.6. The Morgan fingerprint density at radius 2 is 1.88 bits per heavy atom. The second-order valence-corrected chi connectivity index (χ2v) is 7.98. The van der Waals surface area contributed by atoms with Crippen molar-refractivity contribution in [1.82, 2.24) is 0 Å². The van der Waals surface area contributed by atoms with E-state index in [9.17, 15) is 0 Å². The van der Waals surface area contributed by atoms with Crippen LogP contribution in [0.25, 0.3) is 10.8 Å². The second kappa shape index (κ2) is 6.45. The molecule has 3 aromatic carbocycles. The number of halogens is 2. The van der Waals surface area contributed by atoms with Gasteiger partial charge >= 0.3 is 0 Å². The summed E-state index contributed by atoms with van der Waals surface area (Å²) in [6.07, 6.45) is 2.28. The summed E-state index contributed by atoms with van der Waals surface area (Å²) in [6.45, 7) is 0.810. The van der Waals surface area contributed by atoms with Crippen LogP contribution in [0.2, 0.25) is 10.0 Å². The quantitative estimate of drug-likeness (QED) is 0.499. The third-order valence-corrected chi connectivity index (χ3v) is 6.22. The molecule has 2 aliphatic heterocycles. The van der Waals surface area contributed by atoms with Gasteiger partial charge < -0.3 is 10.1 Å². The maximum Gasteiger partial charge on any atom is 0.0901 e. The molecule has 0 radical (unpaired) electrons. The molecule has 132 valence electrons. The van der Waals surface area contributed by atoms with Crippen LogP contribution in [-0.4, -0.2) is 6.61 Å². The van der Waals surface area contributed by atoms with E-state index in [0.717, 1.165) is 30.7 Å².